The first-order valence-electron chi connectivity index (χ1n) is 5.47. The Morgan fingerprint density at radius 2 is 1.76 bits per heavy atom. The Morgan fingerprint density at radius 3 is 2.41 bits per heavy atom. The quantitative estimate of drug-likeness (QED) is 0.879. The Kier molecular flexibility index (Phi) is 2.76. The number of rotatable bonds is 3. The molecule has 0 aromatic heterocycles. The molecular formula is C14H15NO2. The van der Waals surface area contributed by atoms with Gasteiger partial charge in [-0.05, 0) is 36.8 Å². The third-order valence-electron chi connectivity index (χ3n) is 2.69. The van der Waals surface area contributed by atoms with Gasteiger partial charge in [0.25, 0.3) is 5.91 Å². The number of carbonyl (C=O) groups excluding carboxylic acids is 1. The van der Waals surface area contributed by atoms with E-state index in [9.17, 15) is 4.79 Å². The van der Waals surface area contributed by atoms with Crippen LogP contribution in [0.3, 0.4) is 0 Å². The fourth-order valence-electron chi connectivity index (χ4n) is 1.58. The maximum Gasteiger partial charge on any atom is 0.261 e. The first-order valence-corrected chi connectivity index (χ1v) is 5.47. The number of ether oxygens (including phenoxy) is 1. The first kappa shape index (κ1) is 11.5. The second-order valence-electron chi connectivity index (χ2n) is 4.49. The largest absolute Gasteiger partial charge is 0.478 e. The zero-order valence-corrected chi connectivity index (χ0v) is 9.94. The van der Waals surface area contributed by atoms with Crippen molar-refractivity contribution in [3.05, 3.63) is 42.5 Å². The lowest BCUT2D eigenvalue weighted by molar-refractivity contribution is -0.130. The summed E-state index contributed by atoms with van der Waals surface area (Å²) in [5.74, 6) is 0.165. The van der Waals surface area contributed by atoms with Crippen LogP contribution in [0.15, 0.2) is 42.5 Å². The summed E-state index contributed by atoms with van der Waals surface area (Å²) in [4.78, 5) is 11.2. The van der Waals surface area contributed by atoms with Gasteiger partial charge in [-0.1, -0.05) is 30.3 Å². The van der Waals surface area contributed by atoms with Crippen LogP contribution in [-0.2, 0) is 4.79 Å². The highest BCUT2D eigenvalue weighted by molar-refractivity contribution is 5.85. The Labute approximate surface area is 100 Å². The predicted molar refractivity (Wildman–Crippen MR) is 67.8 cm³/mol. The third-order valence-corrected chi connectivity index (χ3v) is 2.69. The van der Waals surface area contributed by atoms with Gasteiger partial charge in [-0.25, -0.2) is 0 Å². The molecule has 2 rings (SSSR count). The highest BCUT2D eigenvalue weighted by Crippen LogP contribution is 2.23. The molecule has 0 unspecified atom stereocenters. The van der Waals surface area contributed by atoms with Gasteiger partial charge in [0.15, 0.2) is 5.60 Å². The van der Waals surface area contributed by atoms with Gasteiger partial charge < -0.3 is 10.5 Å². The first-order chi connectivity index (χ1) is 7.99. The van der Waals surface area contributed by atoms with E-state index in [1.165, 1.54) is 0 Å². The van der Waals surface area contributed by atoms with Gasteiger partial charge in [0.2, 0.25) is 0 Å². The number of fused-ring (bicyclic) bond motifs is 1. The molecule has 0 radical (unpaired) electrons. The molecule has 0 bridgehead atoms. The second-order valence-corrected chi connectivity index (χ2v) is 4.49. The number of hydrogen-bond donors (Lipinski definition) is 1. The molecule has 0 aliphatic rings. The summed E-state index contributed by atoms with van der Waals surface area (Å²) in [7, 11) is 0. The number of hydrogen-bond acceptors (Lipinski definition) is 2. The maximum atomic E-state index is 11.2. The van der Waals surface area contributed by atoms with Crippen LogP contribution in [0.4, 0.5) is 0 Å². The molecule has 0 aliphatic carbocycles. The van der Waals surface area contributed by atoms with Gasteiger partial charge in [0.05, 0.1) is 0 Å². The van der Waals surface area contributed by atoms with Crippen LogP contribution in [0.25, 0.3) is 10.8 Å². The van der Waals surface area contributed by atoms with Crippen LogP contribution >= 0.6 is 0 Å². The number of benzene rings is 2. The smallest absolute Gasteiger partial charge is 0.261 e. The van der Waals surface area contributed by atoms with Crippen molar-refractivity contribution in [2.45, 2.75) is 19.4 Å². The lowest BCUT2D eigenvalue weighted by Gasteiger charge is -2.22. The summed E-state index contributed by atoms with van der Waals surface area (Å²) in [5.41, 5.74) is 4.27. The van der Waals surface area contributed by atoms with E-state index in [0.29, 0.717) is 5.75 Å². The molecule has 17 heavy (non-hydrogen) atoms. The van der Waals surface area contributed by atoms with Gasteiger partial charge in [0.1, 0.15) is 5.75 Å². The number of amides is 1. The Balaban J connectivity index is 2.34. The molecule has 1 amide bonds. The highest BCUT2D eigenvalue weighted by Gasteiger charge is 2.26. The minimum Gasteiger partial charge on any atom is -0.478 e. The minimum atomic E-state index is -0.998. The van der Waals surface area contributed by atoms with Crippen molar-refractivity contribution in [1.82, 2.24) is 0 Å². The molecule has 0 aliphatic heterocycles. The van der Waals surface area contributed by atoms with Gasteiger partial charge in [-0.3, -0.25) is 4.79 Å². The van der Waals surface area contributed by atoms with Crippen LogP contribution in [-0.4, -0.2) is 11.5 Å². The molecule has 0 atom stereocenters. The number of nitrogens with two attached hydrogens (primary N) is 1. The molecule has 3 heteroatoms. The monoisotopic (exact) mass is 229 g/mol. The average molecular weight is 229 g/mol. The molecule has 2 aromatic carbocycles. The Bertz CT molecular complexity index is 561. The minimum absolute atomic E-state index is 0.481. The van der Waals surface area contributed by atoms with Crippen LogP contribution < -0.4 is 10.5 Å². The zero-order chi connectivity index (χ0) is 12.5. The molecule has 2 aromatic rings. The van der Waals surface area contributed by atoms with E-state index >= 15 is 0 Å². The number of primary amides is 1. The van der Waals surface area contributed by atoms with Crippen molar-refractivity contribution in [3.8, 4) is 5.75 Å². The molecule has 0 saturated heterocycles. The van der Waals surface area contributed by atoms with E-state index in [4.69, 9.17) is 10.5 Å². The summed E-state index contributed by atoms with van der Waals surface area (Å²) in [5, 5.41) is 2.21. The van der Waals surface area contributed by atoms with Gasteiger partial charge in [-0.2, -0.15) is 0 Å². The summed E-state index contributed by atoms with van der Waals surface area (Å²) in [6.45, 7) is 3.31. The molecule has 3 nitrogen and oxygen atoms in total. The van der Waals surface area contributed by atoms with E-state index in [1.807, 2.05) is 42.5 Å². The average Bonchev–Trinajstić information content (AvgIpc) is 2.28. The van der Waals surface area contributed by atoms with Crippen LogP contribution in [0.1, 0.15) is 13.8 Å². The molecule has 0 spiro atoms. The predicted octanol–water partition coefficient (Wildman–Crippen LogP) is 2.48. The van der Waals surface area contributed by atoms with Crippen molar-refractivity contribution in [3.63, 3.8) is 0 Å². The summed E-state index contributed by atoms with van der Waals surface area (Å²) in [6, 6.07) is 13.7. The summed E-state index contributed by atoms with van der Waals surface area (Å²) >= 11 is 0. The van der Waals surface area contributed by atoms with Crippen molar-refractivity contribution in [2.75, 3.05) is 0 Å². The molecule has 88 valence electrons. The topological polar surface area (TPSA) is 52.3 Å². The standard InChI is InChI=1S/C14H15NO2/c1-14(2,13(15)16)17-12-8-7-10-5-3-4-6-11(10)9-12/h3-9H,1-2H3,(H2,15,16). The molecule has 0 heterocycles. The Morgan fingerprint density at radius 1 is 1.12 bits per heavy atom. The second kappa shape index (κ2) is 4.09. The molecule has 2 N–H and O–H groups in total. The van der Waals surface area contributed by atoms with E-state index < -0.39 is 11.5 Å². The lowest BCUT2D eigenvalue weighted by atomic mass is 10.1. The summed E-state index contributed by atoms with van der Waals surface area (Å²) in [6.07, 6.45) is 0. The van der Waals surface area contributed by atoms with Gasteiger partial charge in [0, 0.05) is 0 Å². The van der Waals surface area contributed by atoms with E-state index in [1.54, 1.807) is 13.8 Å². The van der Waals surface area contributed by atoms with Crippen LogP contribution in [0, 0.1) is 0 Å². The van der Waals surface area contributed by atoms with Crippen molar-refractivity contribution in [1.29, 1.82) is 0 Å². The maximum absolute atomic E-state index is 11.2. The zero-order valence-electron chi connectivity index (χ0n) is 9.94. The fourth-order valence-corrected chi connectivity index (χ4v) is 1.58. The fraction of sp³-hybridized carbons (Fsp3) is 0.214. The van der Waals surface area contributed by atoms with E-state index in [-0.39, 0.29) is 0 Å². The van der Waals surface area contributed by atoms with Gasteiger partial charge >= 0.3 is 0 Å². The third kappa shape index (κ3) is 2.38. The lowest BCUT2D eigenvalue weighted by Crippen LogP contribution is -2.43. The van der Waals surface area contributed by atoms with Crippen molar-refractivity contribution in [2.24, 2.45) is 5.73 Å². The molecule has 0 fully saturated rings. The van der Waals surface area contributed by atoms with Crippen LogP contribution in [0.2, 0.25) is 0 Å². The molecule has 0 saturated carbocycles. The summed E-state index contributed by atoms with van der Waals surface area (Å²) < 4.78 is 5.60. The van der Waals surface area contributed by atoms with Crippen molar-refractivity contribution < 1.29 is 9.53 Å². The van der Waals surface area contributed by atoms with Crippen molar-refractivity contribution >= 4 is 16.7 Å². The SMILES string of the molecule is CC(C)(Oc1ccc2ccccc2c1)C(N)=O. The Hall–Kier alpha value is -2.03. The van der Waals surface area contributed by atoms with Crippen LogP contribution in [0.5, 0.6) is 5.75 Å². The number of carbonyl (C=O) groups is 1. The highest BCUT2D eigenvalue weighted by atomic mass is 16.5. The molecular weight excluding hydrogens is 214 g/mol. The van der Waals surface area contributed by atoms with E-state index in [2.05, 4.69) is 0 Å². The normalized spacial score (nSPS) is 11.4. The van der Waals surface area contributed by atoms with Gasteiger partial charge in [-0.15, -0.1) is 0 Å². The van der Waals surface area contributed by atoms with E-state index in [0.717, 1.165) is 10.8 Å².